The fourth-order valence-electron chi connectivity index (χ4n) is 2.07. The minimum Gasteiger partial charge on any atom is -0.494 e. The summed E-state index contributed by atoms with van der Waals surface area (Å²) in [5, 5.41) is 2.78. The zero-order valence-electron chi connectivity index (χ0n) is 13.1. The first-order valence-electron chi connectivity index (χ1n) is 7.60. The molecule has 1 aromatic heterocycles. The van der Waals surface area contributed by atoms with Crippen LogP contribution in [-0.2, 0) is 11.3 Å². The number of hydrogen-bond donors (Lipinski definition) is 1. The molecular formula is C18H20N2O3. The summed E-state index contributed by atoms with van der Waals surface area (Å²) < 4.78 is 5.33. The Kier molecular flexibility index (Phi) is 6.29. The van der Waals surface area contributed by atoms with Crippen LogP contribution in [0.4, 0.5) is 0 Å². The number of amides is 1. The molecule has 0 aliphatic carbocycles. The molecule has 0 radical (unpaired) electrons. The van der Waals surface area contributed by atoms with Gasteiger partial charge >= 0.3 is 0 Å². The van der Waals surface area contributed by atoms with Crippen LogP contribution >= 0.6 is 0 Å². The number of rotatable bonds is 8. The zero-order chi connectivity index (χ0) is 16.5. The maximum absolute atomic E-state index is 12.1. The van der Waals surface area contributed by atoms with Crippen molar-refractivity contribution in [1.29, 1.82) is 0 Å². The van der Waals surface area contributed by atoms with E-state index in [1.54, 1.807) is 36.7 Å². The molecule has 23 heavy (non-hydrogen) atoms. The Balaban J connectivity index is 1.76. The number of nitrogens with one attached hydrogen (secondary N) is 1. The van der Waals surface area contributed by atoms with Crippen LogP contribution in [0.3, 0.4) is 0 Å². The summed E-state index contributed by atoms with van der Waals surface area (Å²) in [5.41, 5.74) is 1.52. The maximum atomic E-state index is 12.1. The molecule has 5 nitrogen and oxygen atoms in total. The van der Waals surface area contributed by atoms with Crippen LogP contribution in [0.1, 0.15) is 35.7 Å². The molecule has 2 rings (SSSR count). The fraction of sp³-hybridized carbons (Fsp3) is 0.278. The van der Waals surface area contributed by atoms with Gasteiger partial charge in [0.25, 0.3) is 0 Å². The number of nitrogens with zero attached hydrogens (tertiary/aromatic N) is 1. The third-order valence-corrected chi connectivity index (χ3v) is 3.28. The summed E-state index contributed by atoms with van der Waals surface area (Å²) in [6.45, 7) is 2.91. The molecule has 0 atom stereocenters. The Hall–Kier alpha value is -2.69. The minimum absolute atomic E-state index is 0.0513. The number of Topliss-reactive ketones (excluding diaryl/α,β-unsaturated/α-hetero) is 1. The Morgan fingerprint density at radius 3 is 2.57 bits per heavy atom. The van der Waals surface area contributed by atoms with Gasteiger partial charge in [-0.15, -0.1) is 0 Å². The van der Waals surface area contributed by atoms with Gasteiger partial charge in [0.05, 0.1) is 6.61 Å². The molecule has 0 aliphatic rings. The topological polar surface area (TPSA) is 68.3 Å². The van der Waals surface area contributed by atoms with E-state index in [0.717, 1.165) is 11.3 Å². The molecule has 2 aromatic rings. The van der Waals surface area contributed by atoms with Crippen molar-refractivity contribution in [2.45, 2.75) is 26.3 Å². The van der Waals surface area contributed by atoms with E-state index in [1.165, 1.54) is 0 Å². The number of hydrogen-bond acceptors (Lipinski definition) is 4. The van der Waals surface area contributed by atoms with Crippen molar-refractivity contribution in [3.05, 3.63) is 59.9 Å². The van der Waals surface area contributed by atoms with Gasteiger partial charge in [-0.2, -0.15) is 0 Å². The first kappa shape index (κ1) is 16.7. The number of carbonyl (C=O) groups excluding carboxylic acids is 2. The Labute approximate surface area is 135 Å². The van der Waals surface area contributed by atoms with Gasteiger partial charge < -0.3 is 10.1 Å². The van der Waals surface area contributed by atoms with Crippen molar-refractivity contribution >= 4 is 11.7 Å². The normalized spacial score (nSPS) is 10.1. The molecule has 0 saturated heterocycles. The molecule has 0 aliphatic heterocycles. The van der Waals surface area contributed by atoms with Gasteiger partial charge in [0.15, 0.2) is 5.78 Å². The van der Waals surface area contributed by atoms with E-state index >= 15 is 0 Å². The Morgan fingerprint density at radius 1 is 1.13 bits per heavy atom. The Bertz CT molecular complexity index is 639. The van der Waals surface area contributed by atoms with Crippen molar-refractivity contribution < 1.29 is 14.3 Å². The summed E-state index contributed by atoms with van der Waals surface area (Å²) >= 11 is 0. The number of benzene rings is 1. The highest BCUT2D eigenvalue weighted by Gasteiger charge is 2.09. The van der Waals surface area contributed by atoms with Gasteiger partial charge in [0, 0.05) is 37.3 Å². The zero-order valence-corrected chi connectivity index (χ0v) is 13.1. The van der Waals surface area contributed by atoms with Crippen LogP contribution in [0.5, 0.6) is 5.75 Å². The van der Waals surface area contributed by atoms with E-state index in [2.05, 4.69) is 10.3 Å². The van der Waals surface area contributed by atoms with Crippen LogP contribution < -0.4 is 10.1 Å². The number of carbonyl (C=O) groups is 2. The van der Waals surface area contributed by atoms with Crippen molar-refractivity contribution in [3.63, 3.8) is 0 Å². The second-order valence-corrected chi connectivity index (χ2v) is 5.02. The first-order chi connectivity index (χ1) is 11.2. The summed E-state index contributed by atoms with van der Waals surface area (Å²) in [5.74, 6) is 0.538. The minimum atomic E-state index is -0.145. The second kappa shape index (κ2) is 8.68. The van der Waals surface area contributed by atoms with Crippen molar-refractivity contribution in [2.75, 3.05) is 6.61 Å². The molecule has 1 amide bonds. The third-order valence-electron chi connectivity index (χ3n) is 3.28. The molecule has 0 bridgehead atoms. The highest BCUT2D eigenvalue weighted by Crippen LogP contribution is 2.14. The molecule has 0 spiro atoms. The molecule has 0 saturated carbocycles. The van der Waals surface area contributed by atoms with E-state index in [1.807, 2.05) is 19.1 Å². The fourth-order valence-corrected chi connectivity index (χ4v) is 2.07. The maximum Gasteiger partial charge on any atom is 0.220 e. The molecule has 0 fully saturated rings. The molecule has 5 heteroatoms. The van der Waals surface area contributed by atoms with Gasteiger partial charge in [-0.3, -0.25) is 14.6 Å². The predicted molar refractivity (Wildman–Crippen MR) is 87.3 cm³/mol. The standard InChI is InChI=1S/C18H20N2O3/c1-2-23-16-7-5-15(6-8-16)17(21)9-10-18(22)20-13-14-4-3-11-19-12-14/h3-8,11-12H,2,9-10,13H2,1H3,(H,20,22). The SMILES string of the molecule is CCOc1ccc(C(=O)CCC(=O)NCc2cccnc2)cc1. The van der Waals surface area contributed by atoms with E-state index in [9.17, 15) is 9.59 Å². The monoisotopic (exact) mass is 312 g/mol. The quantitative estimate of drug-likeness (QED) is 0.761. The van der Waals surface area contributed by atoms with Crippen LogP contribution in [-0.4, -0.2) is 23.3 Å². The number of ketones is 1. The van der Waals surface area contributed by atoms with Gasteiger partial charge in [0.1, 0.15) is 5.75 Å². The smallest absolute Gasteiger partial charge is 0.220 e. The molecule has 1 aromatic carbocycles. The van der Waals surface area contributed by atoms with Crippen molar-refractivity contribution in [2.24, 2.45) is 0 Å². The number of pyridine rings is 1. The lowest BCUT2D eigenvalue weighted by atomic mass is 10.1. The lowest BCUT2D eigenvalue weighted by Gasteiger charge is -2.06. The number of aromatic nitrogens is 1. The molecule has 1 heterocycles. The van der Waals surface area contributed by atoms with Gasteiger partial charge in [-0.1, -0.05) is 6.07 Å². The average molecular weight is 312 g/mol. The first-order valence-corrected chi connectivity index (χ1v) is 7.60. The second-order valence-electron chi connectivity index (χ2n) is 5.02. The third kappa shape index (κ3) is 5.54. The van der Waals surface area contributed by atoms with Gasteiger partial charge in [0.2, 0.25) is 5.91 Å². The van der Waals surface area contributed by atoms with Crippen molar-refractivity contribution in [3.8, 4) is 5.75 Å². The molecule has 120 valence electrons. The van der Waals surface area contributed by atoms with Crippen molar-refractivity contribution in [1.82, 2.24) is 10.3 Å². The predicted octanol–water partition coefficient (Wildman–Crippen LogP) is 2.76. The van der Waals surface area contributed by atoms with Gasteiger partial charge in [-0.25, -0.2) is 0 Å². The van der Waals surface area contributed by atoms with Crippen LogP contribution in [0, 0.1) is 0 Å². The Morgan fingerprint density at radius 2 is 1.91 bits per heavy atom. The lowest BCUT2D eigenvalue weighted by Crippen LogP contribution is -2.23. The molecular weight excluding hydrogens is 292 g/mol. The van der Waals surface area contributed by atoms with Crippen LogP contribution in [0.15, 0.2) is 48.8 Å². The summed E-state index contributed by atoms with van der Waals surface area (Å²) in [4.78, 5) is 27.8. The largest absolute Gasteiger partial charge is 0.494 e. The average Bonchev–Trinajstić information content (AvgIpc) is 2.59. The highest BCUT2D eigenvalue weighted by molar-refractivity contribution is 5.98. The summed E-state index contributed by atoms with van der Waals surface area (Å²) in [7, 11) is 0. The van der Waals surface area contributed by atoms with Crippen LogP contribution in [0.2, 0.25) is 0 Å². The molecule has 0 unspecified atom stereocenters. The van der Waals surface area contributed by atoms with E-state index < -0.39 is 0 Å². The van der Waals surface area contributed by atoms with Crippen LogP contribution in [0.25, 0.3) is 0 Å². The van der Waals surface area contributed by atoms with E-state index in [-0.39, 0.29) is 24.5 Å². The van der Waals surface area contributed by atoms with E-state index in [4.69, 9.17) is 4.74 Å². The lowest BCUT2D eigenvalue weighted by molar-refractivity contribution is -0.121. The van der Waals surface area contributed by atoms with E-state index in [0.29, 0.717) is 18.7 Å². The summed E-state index contributed by atoms with van der Waals surface area (Å²) in [6.07, 6.45) is 3.74. The number of ether oxygens (including phenoxy) is 1. The van der Waals surface area contributed by atoms with Gasteiger partial charge in [-0.05, 0) is 42.8 Å². The molecule has 1 N–H and O–H groups in total. The highest BCUT2D eigenvalue weighted by atomic mass is 16.5. The summed E-state index contributed by atoms with van der Waals surface area (Å²) in [6, 6.07) is 10.7.